The Kier molecular flexibility index (Phi) is 3.69. The lowest BCUT2D eigenvalue weighted by atomic mass is 9.99. The molecule has 1 aromatic carbocycles. The van der Waals surface area contributed by atoms with Crippen molar-refractivity contribution >= 4 is 5.97 Å². The number of carboxylic acid groups (broad SMARTS) is 1. The molecule has 2 rings (SSSR count). The molecule has 0 aliphatic carbocycles. The number of carbonyl (C=O) groups is 1. The van der Waals surface area contributed by atoms with E-state index in [9.17, 15) is 4.79 Å². The maximum Gasteiger partial charge on any atom is 0.303 e. The lowest BCUT2D eigenvalue weighted by Crippen LogP contribution is -1.99. The molecule has 0 radical (unpaired) electrons. The Balaban J connectivity index is 2.37. The molecular formula is C15H18N2O2. The molecular weight excluding hydrogens is 240 g/mol. The molecule has 0 saturated carbocycles. The van der Waals surface area contributed by atoms with E-state index >= 15 is 0 Å². The van der Waals surface area contributed by atoms with E-state index < -0.39 is 5.97 Å². The van der Waals surface area contributed by atoms with E-state index in [1.807, 2.05) is 13.2 Å². The van der Waals surface area contributed by atoms with Crippen molar-refractivity contribution in [2.75, 3.05) is 0 Å². The molecule has 0 aliphatic rings. The third kappa shape index (κ3) is 3.02. The lowest BCUT2D eigenvalue weighted by Gasteiger charge is -2.05. The highest BCUT2D eigenvalue weighted by atomic mass is 16.4. The van der Waals surface area contributed by atoms with Crippen LogP contribution in [0.15, 0.2) is 24.4 Å². The van der Waals surface area contributed by atoms with Crippen LogP contribution in [0, 0.1) is 13.8 Å². The fourth-order valence-corrected chi connectivity index (χ4v) is 2.09. The summed E-state index contributed by atoms with van der Waals surface area (Å²) in [7, 11) is 1.86. The zero-order valence-corrected chi connectivity index (χ0v) is 11.5. The summed E-state index contributed by atoms with van der Waals surface area (Å²) >= 11 is 0. The molecule has 1 heterocycles. The van der Waals surface area contributed by atoms with Gasteiger partial charge in [-0.05, 0) is 30.5 Å². The Morgan fingerprint density at radius 1 is 1.32 bits per heavy atom. The maximum absolute atomic E-state index is 10.7. The van der Waals surface area contributed by atoms with Gasteiger partial charge >= 0.3 is 5.97 Å². The van der Waals surface area contributed by atoms with E-state index in [0.29, 0.717) is 6.42 Å². The van der Waals surface area contributed by atoms with Crippen molar-refractivity contribution in [1.29, 1.82) is 0 Å². The first-order chi connectivity index (χ1) is 8.97. The minimum absolute atomic E-state index is 0.106. The molecule has 19 heavy (non-hydrogen) atoms. The molecule has 4 heteroatoms. The molecule has 0 saturated heterocycles. The summed E-state index contributed by atoms with van der Waals surface area (Å²) in [5.74, 6) is -0.795. The zero-order valence-electron chi connectivity index (χ0n) is 11.5. The van der Waals surface area contributed by atoms with Gasteiger partial charge < -0.3 is 5.11 Å². The third-order valence-electron chi connectivity index (χ3n) is 3.30. The minimum Gasteiger partial charge on any atom is -0.481 e. The average molecular weight is 258 g/mol. The summed E-state index contributed by atoms with van der Waals surface area (Å²) in [4.78, 5) is 10.7. The van der Waals surface area contributed by atoms with E-state index in [2.05, 4.69) is 37.1 Å². The second-order valence-corrected chi connectivity index (χ2v) is 4.86. The van der Waals surface area contributed by atoms with Crippen molar-refractivity contribution in [1.82, 2.24) is 9.78 Å². The van der Waals surface area contributed by atoms with Crippen LogP contribution in [0.25, 0.3) is 11.1 Å². The molecule has 1 N–H and O–H groups in total. The van der Waals surface area contributed by atoms with Gasteiger partial charge in [-0.3, -0.25) is 9.48 Å². The first-order valence-electron chi connectivity index (χ1n) is 6.29. The van der Waals surface area contributed by atoms with Gasteiger partial charge in [0.15, 0.2) is 0 Å². The molecule has 4 nitrogen and oxygen atoms in total. The second kappa shape index (κ2) is 5.26. The van der Waals surface area contributed by atoms with E-state index in [4.69, 9.17) is 5.11 Å². The quantitative estimate of drug-likeness (QED) is 0.917. The molecule has 0 bridgehead atoms. The maximum atomic E-state index is 10.7. The number of rotatable bonds is 4. The van der Waals surface area contributed by atoms with Gasteiger partial charge in [-0.2, -0.15) is 5.10 Å². The molecule has 0 unspecified atom stereocenters. The van der Waals surface area contributed by atoms with Crippen molar-refractivity contribution in [3.63, 3.8) is 0 Å². The molecule has 0 aliphatic heterocycles. The zero-order chi connectivity index (χ0) is 14.0. The van der Waals surface area contributed by atoms with Gasteiger partial charge in [-0.1, -0.05) is 18.2 Å². The van der Waals surface area contributed by atoms with Crippen LogP contribution < -0.4 is 0 Å². The summed E-state index contributed by atoms with van der Waals surface area (Å²) in [5, 5.41) is 13.2. The summed E-state index contributed by atoms with van der Waals surface area (Å²) in [5.41, 5.74) is 5.43. The summed E-state index contributed by atoms with van der Waals surface area (Å²) < 4.78 is 1.74. The number of hydrogen-bond acceptors (Lipinski definition) is 2. The van der Waals surface area contributed by atoms with Gasteiger partial charge in [0.2, 0.25) is 0 Å². The van der Waals surface area contributed by atoms with Crippen molar-refractivity contribution in [3.8, 4) is 11.1 Å². The van der Waals surface area contributed by atoms with Gasteiger partial charge in [0, 0.05) is 25.2 Å². The summed E-state index contributed by atoms with van der Waals surface area (Å²) in [6.45, 7) is 4.15. The van der Waals surface area contributed by atoms with Crippen LogP contribution in [0.3, 0.4) is 0 Å². The fraction of sp³-hybridized carbons (Fsp3) is 0.333. The highest BCUT2D eigenvalue weighted by Crippen LogP contribution is 2.25. The van der Waals surface area contributed by atoms with Crippen LogP contribution in [0.2, 0.25) is 0 Å². The number of hydrogen-bond donors (Lipinski definition) is 1. The molecule has 0 atom stereocenters. The summed E-state index contributed by atoms with van der Waals surface area (Å²) in [6, 6.07) is 6.26. The van der Waals surface area contributed by atoms with Gasteiger partial charge in [-0.25, -0.2) is 0 Å². The van der Waals surface area contributed by atoms with Crippen LogP contribution in [0.5, 0.6) is 0 Å². The van der Waals surface area contributed by atoms with Crippen molar-refractivity contribution in [2.45, 2.75) is 26.7 Å². The van der Waals surface area contributed by atoms with Crippen molar-refractivity contribution in [3.05, 3.63) is 41.2 Å². The number of aromatic nitrogens is 2. The molecule has 0 amide bonds. The first-order valence-corrected chi connectivity index (χ1v) is 6.29. The number of aliphatic carboxylic acids is 1. The Morgan fingerprint density at radius 3 is 2.68 bits per heavy atom. The standard InChI is InChI=1S/C15H18N2O2/c1-10-4-5-12(8-11(10)2)13-9-17(3)16-14(13)6-7-15(18)19/h4-5,8-9H,6-7H2,1-3H3,(H,18,19). The normalized spacial score (nSPS) is 10.7. The van der Waals surface area contributed by atoms with Crippen LogP contribution in [0.4, 0.5) is 0 Å². The van der Waals surface area contributed by atoms with E-state index in [1.54, 1.807) is 4.68 Å². The molecule has 2 aromatic rings. The number of carboxylic acids is 1. The average Bonchev–Trinajstić information content (AvgIpc) is 2.71. The Hall–Kier alpha value is -2.10. The largest absolute Gasteiger partial charge is 0.481 e. The Morgan fingerprint density at radius 2 is 2.05 bits per heavy atom. The minimum atomic E-state index is -0.795. The molecule has 0 fully saturated rings. The highest BCUT2D eigenvalue weighted by molar-refractivity contribution is 5.70. The molecule has 0 spiro atoms. The van der Waals surface area contributed by atoms with Gasteiger partial charge in [-0.15, -0.1) is 0 Å². The topological polar surface area (TPSA) is 55.1 Å². The third-order valence-corrected chi connectivity index (χ3v) is 3.30. The van der Waals surface area contributed by atoms with Gasteiger partial charge in [0.05, 0.1) is 12.1 Å². The van der Waals surface area contributed by atoms with Crippen LogP contribution in [-0.4, -0.2) is 20.9 Å². The Labute approximate surface area is 112 Å². The monoisotopic (exact) mass is 258 g/mol. The Bertz CT molecular complexity index is 615. The predicted molar refractivity (Wildman–Crippen MR) is 74.1 cm³/mol. The highest BCUT2D eigenvalue weighted by Gasteiger charge is 2.12. The van der Waals surface area contributed by atoms with Crippen molar-refractivity contribution in [2.24, 2.45) is 7.05 Å². The number of benzene rings is 1. The fourth-order valence-electron chi connectivity index (χ4n) is 2.09. The predicted octanol–water partition coefficient (Wildman–Crippen LogP) is 2.72. The summed E-state index contributed by atoms with van der Waals surface area (Å²) in [6.07, 6.45) is 2.51. The number of nitrogens with zero attached hydrogens (tertiary/aromatic N) is 2. The van der Waals surface area contributed by atoms with Crippen molar-refractivity contribution < 1.29 is 9.90 Å². The van der Waals surface area contributed by atoms with Gasteiger partial charge in [0.25, 0.3) is 0 Å². The van der Waals surface area contributed by atoms with Crippen LogP contribution in [0.1, 0.15) is 23.2 Å². The van der Waals surface area contributed by atoms with E-state index in [1.165, 1.54) is 11.1 Å². The lowest BCUT2D eigenvalue weighted by molar-refractivity contribution is -0.136. The number of aryl methyl sites for hydroxylation is 4. The first kappa shape index (κ1) is 13.3. The molecule has 100 valence electrons. The van der Waals surface area contributed by atoms with Gasteiger partial charge in [0.1, 0.15) is 0 Å². The SMILES string of the molecule is Cc1ccc(-c2cn(C)nc2CCC(=O)O)cc1C. The smallest absolute Gasteiger partial charge is 0.303 e. The van der Waals surface area contributed by atoms with E-state index in [-0.39, 0.29) is 6.42 Å². The molecule has 1 aromatic heterocycles. The van der Waals surface area contributed by atoms with E-state index in [0.717, 1.165) is 16.8 Å². The second-order valence-electron chi connectivity index (χ2n) is 4.86. The van der Waals surface area contributed by atoms with Crippen LogP contribution in [-0.2, 0) is 18.3 Å². The van der Waals surface area contributed by atoms with Crippen LogP contribution >= 0.6 is 0 Å².